The SMILES string of the molecule is [CH2-][NH2+]C1(C)CCC(C(C)=CC(O)C2OC2(C)C)CC1. The maximum atomic E-state index is 10.2. The Kier molecular flexibility index (Phi) is 4.10. The van der Waals surface area contributed by atoms with E-state index in [9.17, 15) is 5.11 Å². The zero-order valence-corrected chi connectivity index (χ0v) is 12.8. The van der Waals surface area contributed by atoms with Gasteiger partial charge in [0.05, 0.1) is 11.1 Å². The summed E-state index contributed by atoms with van der Waals surface area (Å²) in [6.07, 6.45) is 6.34. The number of allylic oxidation sites excluding steroid dienone is 1. The molecule has 2 fully saturated rings. The summed E-state index contributed by atoms with van der Waals surface area (Å²) in [5.74, 6) is 0.615. The molecule has 19 heavy (non-hydrogen) atoms. The lowest BCUT2D eigenvalue weighted by Crippen LogP contribution is -2.91. The molecule has 0 aromatic heterocycles. The summed E-state index contributed by atoms with van der Waals surface area (Å²) in [4.78, 5) is 0. The molecule has 1 saturated heterocycles. The van der Waals surface area contributed by atoms with Crippen LogP contribution in [0.2, 0.25) is 0 Å². The Hall–Kier alpha value is -0.380. The monoisotopic (exact) mass is 267 g/mol. The van der Waals surface area contributed by atoms with Crippen molar-refractivity contribution in [2.75, 3.05) is 0 Å². The van der Waals surface area contributed by atoms with Crippen molar-refractivity contribution in [3.63, 3.8) is 0 Å². The highest BCUT2D eigenvalue weighted by atomic mass is 16.6. The fourth-order valence-electron chi connectivity index (χ4n) is 3.20. The minimum Gasteiger partial charge on any atom is -0.474 e. The molecule has 2 unspecified atom stereocenters. The standard InChI is InChI=1S/C16H29NO2/c1-11(10-13(18)14-15(2,3)19-14)12-6-8-16(4,17-5)9-7-12/h10,12-14,18H,5-9,17H2,1-4H3. The Morgan fingerprint density at radius 2 is 1.89 bits per heavy atom. The van der Waals surface area contributed by atoms with Crippen molar-refractivity contribution in [3.05, 3.63) is 18.7 Å². The molecule has 1 saturated carbocycles. The molecule has 3 heteroatoms. The van der Waals surface area contributed by atoms with Crippen LogP contribution in [0, 0.1) is 13.0 Å². The lowest BCUT2D eigenvalue weighted by Gasteiger charge is -2.37. The van der Waals surface area contributed by atoms with Crippen molar-refractivity contribution in [2.24, 2.45) is 5.92 Å². The molecule has 110 valence electrons. The van der Waals surface area contributed by atoms with E-state index in [1.807, 2.05) is 19.9 Å². The van der Waals surface area contributed by atoms with Gasteiger partial charge in [0.25, 0.3) is 0 Å². The zero-order chi connectivity index (χ0) is 14.3. The highest BCUT2D eigenvalue weighted by molar-refractivity contribution is 5.14. The van der Waals surface area contributed by atoms with E-state index >= 15 is 0 Å². The molecular formula is C16H29NO2. The zero-order valence-electron chi connectivity index (χ0n) is 12.8. The summed E-state index contributed by atoms with van der Waals surface area (Å²) in [6.45, 7) is 8.50. The molecule has 2 aliphatic rings. The molecule has 1 aliphatic heterocycles. The van der Waals surface area contributed by atoms with E-state index in [2.05, 4.69) is 26.2 Å². The van der Waals surface area contributed by atoms with Gasteiger partial charge in [-0.15, -0.1) is 0 Å². The van der Waals surface area contributed by atoms with Gasteiger partial charge in [-0.3, -0.25) is 0 Å². The first-order valence-electron chi connectivity index (χ1n) is 7.45. The van der Waals surface area contributed by atoms with Gasteiger partial charge >= 0.3 is 0 Å². The Morgan fingerprint density at radius 1 is 1.37 bits per heavy atom. The summed E-state index contributed by atoms with van der Waals surface area (Å²) in [5.41, 5.74) is 1.49. The maximum absolute atomic E-state index is 10.2. The Balaban J connectivity index is 1.89. The molecule has 3 N–H and O–H groups in total. The Labute approximate surface area is 117 Å². The van der Waals surface area contributed by atoms with Gasteiger partial charge in [-0.05, 0) is 46.5 Å². The average Bonchev–Trinajstić information content (AvgIpc) is 2.99. The Morgan fingerprint density at radius 3 is 2.32 bits per heavy atom. The van der Waals surface area contributed by atoms with Crippen molar-refractivity contribution < 1.29 is 15.2 Å². The number of ether oxygens (including phenoxy) is 1. The molecular weight excluding hydrogens is 238 g/mol. The molecule has 0 radical (unpaired) electrons. The number of aliphatic hydroxyl groups is 1. The van der Waals surface area contributed by atoms with Crippen LogP contribution < -0.4 is 5.32 Å². The quantitative estimate of drug-likeness (QED) is 0.463. The van der Waals surface area contributed by atoms with Gasteiger partial charge in [-0.2, -0.15) is 7.05 Å². The maximum Gasteiger partial charge on any atom is 0.116 e. The van der Waals surface area contributed by atoms with E-state index in [1.165, 1.54) is 31.3 Å². The van der Waals surface area contributed by atoms with Gasteiger partial charge in [0.1, 0.15) is 12.2 Å². The molecule has 0 aromatic carbocycles. The summed E-state index contributed by atoms with van der Waals surface area (Å²) >= 11 is 0. The van der Waals surface area contributed by atoms with E-state index in [-0.39, 0.29) is 11.7 Å². The number of epoxide rings is 1. The predicted molar refractivity (Wildman–Crippen MR) is 76.4 cm³/mol. The molecule has 0 spiro atoms. The van der Waals surface area contributed by atoms with E-state index in [0.717, 1.165) is 0 Å². The first kappa shape index (κ1) is 15.0. The fourth-order valence-corrected chi connectivity index (χ4v) is 3.20. The number of aliphatic hydroxyl groups excluding tert-OH is 1. The van der Waals surface area contributed by atoms with E-state index in [0.29, 0.717) is 11.5 Å². The van der Waals surface area contributed by atoms with Crippen molar-refractivity contribution in [3.8, 4) is 0 Å². The molecule has 2 rings (SSSR count). The van der Waals surface area contributed by atoms with Crippen LogP contribution in [0.25, 0.3) is 0 Å². The topological polar surface area (TPSA) is 49.4 Å². The summed E-state index contributed by atoms with van der Waals surface area (Å²) < 4.78 is 5.50. The second kappa shape index (κ2) is 5.19. The van der Waals surface area contributed by atoms with E-state index < -0.39 is 6.10 Å². The highest BCUT2D eigenvalue weighted by Gasteiger charge is 2.51. The van der Waals surface area contributed by atoms with Gasteiger partial charge in [-0.1, -0.05) is 11.6 Å². The van der Waals surface area contributed by atoms with Crippen LogP contribution in [0.4, 0.5) is 0 Å². The highest BCUT2D eigenvalue weighted by Crippen LogP contribution is 2.39. The Bertz CT molecular complexity index is 354. The smallest absolute Gasteiger partial charge is 0.116 e. The minimum absolute atomic E-state index is 0.0236. The normalized spacial score (nSPS) is 40.0. The first-order chi connectivity index (χ1) is 8.77. The number of rotatable bonds is 4. The summed E-state index contributed by atoms with van der Waals surface area (Å²) in [5, 5.41) is 12.3. The average molecular weight is 267 g/mol. The van der Waals surface area contributed by atoms with Crippen molar-refractivity contribution in [1.29, 1.82) is 0 Å². The van der Waals surface area contributed by atoms with Crippen LogP contribution in [0.15, 0.2) is 11.6 Å². The molecule has 1 heterocycles. The largest absolute Gasteiger partial charge is 0.474 e. The van der Waals surface area contributed by atoms with E-state index in [4.69, 9.17) is 4.74 Å². The molecule has 2 atom stereocenters. The fraction of sp³-hybridized carbons (Fsp3) is 0.812. The molecule has 0 bridgehead atoms. The predicted octanol–water partition coefficient (Wildman–Crippen LogP) is 1.77. The second-order valence-electron chi connectivity index (χ2n) is 7.18. The van der Waals surface area contributed by atoms with Crippen LogP contribution in [-0.2, 0) is 4.74 Å². The van der Waals surface area contributed by atoms with Crippen LogP contribution in [0.3, 0.4) is 0 Å². The summed E-state index contributed by atoms with van der Waals surface area (Å²) in [6, 6.07) is 0. The van der Waals surface area contributed by atoms with Crippen LogP contribution in [0.1, 0.15) is 53.4 Å². The summed E-state index contributed by atoms with van der Waals surface area (Å²) in [7, 11) is 3.95. The van der Waals surface area contributed by atoms with E-state index in [1.54, 1.807) is 0 Å². The van der Waals surface area contributed by atoms with Gasteiger partial charge in [0.2, 0.25) is 0 Å². The van der Waals surface area contributed by atoms with Crippen LogP contribution in [-0.4, -0.2) is 28.5 Å². The first-order valence-corrected chi connectivity index (χ1v) is 7.45. The lowest BCUT2D eigenvalue weighted by atomic mass is 9.75. The van der Waals surface area contributed by atoms with Gasteiger partial charge in [0.15, 0.2) is 0 Å². The van der Waals surface area contributed by atoms with Crippen molar-refractivity contribution in [1.82, 2.24) is 0 Å². The lowest BCUT2D eigenvalue weighted by molar-refractivity contribution is -0.676. The van der Waals surface area contributed by atoms with Crippen LogP contribution >= 0.6 is 0 Å². The minimum atomic E-state index is -0.456. The number of hydrogen-bond donors (Lipinski definition) is 2. The second-order valence-corrected chi connectivity index (χ2v) is 7.18. The molecule has 1 aliphatic carbocycles. The third-order valence-electron chi connectivity index (χ3n) is 5.07. The van der Waals surface area contributed by atoms with Crippen LogP contribution in [0.5, 0.6) is 0 Å². The van der Waals surface area contributed by atoms with Gasteiger partial charge < -0.3 is 15.2 Å². The van der Waals surface area contributed by atoms with Crippen molar-refractivity contribution in [2.45, 2.75) is 76.7 Å². The number of hydrogen-bond acceptors (Lipinski definition) is 2. The van der Waals surface area contributed by atoms with Gasteiger partial charge in [0, 0.05) is 12.8 Å². The van der Waals surface area contributed by atoms with Gasteiger partial charge in [-0.25, -0.2) is 0 Å². The number of quaternary nitrogens is 1. The third kappa shape index (κ3) is 3.39. The molecule has 3 nitrogen and oxygen atoms in total. The third-order valence-corrected chi connectivity index (χ3v) is 5.07. The number of nitrogens with two attached hydrogens (primary N) is 1. The molecule has 0 aromatic rings. The van der Waals surface area contributed by atoms with Crippen molar-refractivity contribution >= 4 is 0 Å². The molecule has 0 amide bonds.